The number of amides is 1. The van der Waals surface area contributed by atoms with E-state index in [0.717, 1.165) is 32.5 Å². The minimum absolute atomic E-state index is 0.270. The average Bonchev–Trinajstić information content (AvgIpc) is 2.29. The highest BCUT2D eigenvalue weighted by molar-refractivity contribution is 5.78. The fraction of sp³-hybridized carbons (Fsp3) is 0.917. The largest absolute Gasteiger partial charge is 0.342 e. The van der Waals surface area contributed by atoms with Crippen LogP contribution in [0.15, 0.2) is 0 Å². The molecule has 0 aliphatic carbocycles. The van der Waals surface area contributed by atoms with Crippen molar-refractivity contribution in [3.63, 3.8) is 0 Å². The van der Waals surface area contributed by atoms with E-state index in [9.17, 15) is 4.79 Å². The molecule has 4 heteroatoms. The number of nitrogens with two attached hydrogens (primary N) is 1. The molecule has 0 aromatic rings. The summed E-state index contributed by atoms with van der Waals surface area (Å²) < 4.78 is 0. The van der Waals surface area contributed by atoms with Gasteiger partial charge in [0, 0.05) is 19.6 Å². The van der Waals surface area contributed by atoms with Crippen LogP contribution >= 0.6 is 0 Å². The molecule has 1 rings (SSSR count). The number of nitrogens with zero attached hydrogens (tertiary/aromatic N) is 2. The quantitative estimate of drug-likeness (QED) is 0.745. The van der Waals surface area contributed by atoms with E-state index in [0.29, 0.717) is 19.0 Å². The van der Waals surface area contributed by atoms with E-state index in [4.69, 9.17) is 5.73 Å². The summed E-state index contributed by atoms with van der Waals surface area (Å²) in [7, 11) is 1.99. The highest BCUT2D eigenvalue weighted by Gasteiger charge is 2.18. The molecule has 1 heterocycles. The van der Waals surface area contributed by atoms with E-state index in [1.807, 2.05) is 11.9 Å². The van der Waals surface area contributed by atoms with Crippen LogP contribution in [0.1, 0.15) is 26.2 Å². The monoisotopic (exact) mass is 227 g/mol. The smallest absolute Gasteiger partial charge is 0.236 e. The molecule has 1 amide bonds. The third-order valence-electron chi connectivity index (χ3n) is 3.14. The summed E-state index contributed by atoms with van der Waals surface area (Å²) in [6.45, 7) is 6.11. The van der Waals surface area contributed by atoms with E-state index in [-0.39, 0.29) is 5.91 Å². The Morgan fingerprint density at radius 3 is 2.56 bits per heavy atom. The van der Waals surface area contributed by atoms with Gasteiger partial charge in [0.2, 0.25) is 5.91 Å². The topological polar surface area (TPSA) is 49.6 Å². The molecule has 1 atom stereocenters. The molecule has 0 bridgehead atoms. The number of piperidine rings is 1. The summed E-state index contributed by atoms with van der Waals surface area (Å²) in [6, 6.07) is 0. The fourth-order valence-corrected chi connectivity index (χ4v) is 2.15. The first-order valence-corrected chi connectivity index (χ1v) is 6.30. The molecule has 94 valence electrons. The summed E-state index contributed by atoms with van der Waals surface area (Å²) in [5, 5.41) is 0. The van der Waals surface area contributed by atoms with Crippen molar-refractivity contribution in [2.45, 2.75) is 26.2 Å². The zero-order valence-electron chi connectivity index (χ0n) is 10.6. The second-order valence-electron chi connectivity index (χ2n) is 4.98. The Balaban J connectivity index is 2.26. The Hall–Kier alpha value is -0.610. The predicted molar refractivity (Wildman–Crippen MR) is 66.1 cm³/mol. The summed E-state index contributed by atoms with van der Waals surface area (Å²) in [4.78, 5) is 16.0. The van der Waals surface area contributed by atoms with Gasteiger partial charge >= 0.3 is 0 Å². The Morgan fingerprint density at radius 2 is 2.00 bits per heavy atom. The van der Waals surface area contributed by atoms with Crippen LogP contribution in [0, 0.1) is 5.92 Å². The van der Waals surface area contributed by atoms with Gasteiger partial charge in [0.15, 0.2) is 0 Å². The van der Waals surface area contributed by atoms with Gasteiger partial charge in [0.25, 0.3) is 0 Å². The van der Waals surface area contributed by atoms with Gasteiger partial charge in [0.05, 0.1) is 6.54 Å². The number of hydrogen-bond donors (Lipinski definition) is 1. The Morgan fingerprint density at radius 1 is 1.38 bits per heavy atom. The summed E-state index contributed by atoms with van der Waals surface area (Å²) in [6.07, 6.45) is 3.59. The molecule has 1 unspecified atom stereocenters. The Labute approximate surface area is 98.8 Å². The normalized spacial score (nSPS) is 18.9. The lowest BCUT2D eigenvalue weighted by atomic mass is 10.1. The molecule has 16 heavy (non-hydrogen) atoms. The lowest BCUT2D eigenvalue weighted by molar-refractivity contribution is -0.133. The van der Waals surface area contributed by atoms with Crippen molar-refractivity contribution in [3.8, 4) is 0 Å². The van der Waals surface area contributed by atoms with Crippen LogP contribution in [-0.4, -0.2) is 55.5 Å². The van der Waals surface area contributed by atoms with Crippen molar-refractivity contribution in [3.05, 3.63) is 0 Å². The number of carbonyl (C=O) groups is 1. The van der Waals surface area contributed by atoms with E-state index < -0.39 is 0 Å². The van der Waals surface area contributed by atoms with Crippen molar-refractivity contribution < 1.29 is 4.79 Å². The van der Waals surface area contributed by atoms with Crippen LogP contribution in [0.4, 0.5) is 0 Å². The molecule has 0 aromatic carbocycles. The maximum Gasteiger partial charge on any atom is 0.236 e. The fourth-order valence-electron chi connectivity index (χ4n) is 2.15. The first-order chi connectivity index (χ1) is 7.63. The van der Waals surface area contributed by atoms with Crippen molar-refractivity contribution in [2.24, 2.45) is 11.7 Å². The van der Waals surface area contributed by atoms with Gasteiger partial charge in [-0.15, -0.1) is 0 Å². The van der Waals surface area contributed by atoms with E-state index in [1.165, 1.54) is 6.42 Å². The summed E-state index contributed by atoms with van der Waals surface area (Å²) in [5.74, 6) is 0.727. The van der Waals surface area contributed by atoms with E-state index in [2.05, 4.69) is 11.8 Å². The molecule has 1 aliphatic heterocycles. The number of hydrogen-bond acceptors (Lipinski definition) is 3. The zero-order valence-corrected chi connectivity index (χ0v) is 10.6. The molecule has 0 saturated carbocycles. The van der Waals surface area contributed by atoms with E-state index in [1.54, 1.807) is 0 Å². The molecule has 1 aliphatic rings. The first kappa shape index (κ1) is 13.5. The maximum absolute atomic E-state index is 11.9. The van der Waals surface area contributed by atoms with Crippen molar-refractivity contribution >= 4 is 5.91 Å². The lowest BCUT2D eigenvalue weighted by Crippen LogP contribution is -2.43. The second-order valence-corrected chi connectivity index (χ2v) is 4.98. The van der Waals surface area contributed by atoms with Crippen molar-refractivity contribution in [2.75, 3.05) is 39.8 Å². The third kappa shape index (κ3) is 4.49. The van der Waals surface area contributed by atoms with Crippen LogP contribution in [0.2, 0.25) is 0 Å². The highest BCUT2D eigenvalue weighted by atomic mass is 16.2. The number of rotatable bonds is 5. The summed E-state index contributed by atoms with van der Waals surface area (Å²) >= 11 is 0. The van der Waals surface area contributed by atoms with Crippen LogP contribution in [0.25, 0.3) is 0 Å². The van der Waals surface area contributed by atoms with Crippen LogP contribution < -0.4 is 5.73 Å². The molecular formula is C12H25N3O. The molecule has 1 saturated heterocycles. The van der Waals surface area contributed by atoms with Gasteiger partial charge in [-0.2, -0.15) is 0 Å². The molecule has 0 radical (unpaired) electrons. The van der Waals surface area contributed by atoms with Gasteiger partial charge < -0.3 is 10.6 Å². The molecule has 4 nitrogen and oxygen atoms in total. The Kier molecular flexibility index (Phi) is 5.77. The van der Waals surface area contributed by atoms with Crippen LogP contribution in [0.3, 0.4) is 0 Å². The van der Waals surface area contributed by atoms with E-state index >= 15 is 0 Å². The molecule has 2 N–H and O–H groups in total. The maximum atomic E-state index is 11.9. The van der Waals surface area contributed by atoms with Gasteiger partial charge in [-0.1, -0.05) is 6.92 Å². The zero-order chi connectivity index (χ0) is 12.0. The average molecular weight is 227 g/mol. The molecule has 0 spiro atoms. The lowest BCUT2D eigenvalue weighted by Gasteiger charge is -2.29. The Bertz CT molecular complexity index is 214. The van der Waals surface area contributed by atoms with Crippen molar-refractivity contribution in [1.82, 2.24) is 9.80 Å². The van der Waals surface area contributed by atoms with Crippen molar-refractivity contribution in [1.29, 1.82) is 0 Å². The van der Waals surface area contributed by atoms with Gasteiger partial charge in [-0.05, 0) is 38.8 Å². The van der Waals surface area contributed by atoms with Crippen LogP contribution in [-0.2, 0) is 4.79 Å². The molecule has 0 aromatic heterocycles. The second kappa shape index (κ2) is 6.86. The van der Waals surface area contributed by atoms with Gasteiger partial charge in [-0.3, -0.25) is 9.69 Å². The SMILES string of the molecule is CC(CN)CN(C)CC(=O)N1CCCCC1. The minimum Gasteiger partial charge on any atom is -0.342 e. The van der Waals surface area contributed by atoms with Crippen LogP contribution in [0.5, 0.6) is 0 Å². The van der Waals surface area contributed by atoms with Gasteiger partial charge in [0.1, 0.15) is 0 Å². The standard InChI is InChI=1S/C12H25N3O/c1-11(8-13)9-14(2)10-12(16)15-6-4-3-5-7-15/h11H,3-10,13H2,1-2H3. The van der Waals surface area contributed by atoms with Gasteiger partial charge in [-0.25, -0.2) is 0 Å². The first-order valence-electron chi connectivity index (χ1n) is 6.30. The number of carbonyl (C=O) groups excluding carboxylic acids is 1. The minimum atomic E-state index is 0.270. The summed E-state index contributed by atoms with van der Waals surface area (Å²) in [5.41, 5.74) is 5.57. The number of likely N-dealkylation sites (tertiary alicyclic amines) is 1. The number of likely N-dealkylation sites (N-methyl/N-ethyl adjacent to an activating group) is 1. The molecule has 1 fully saturated rings. The predicted octanol–water partition coefficient (Wildman–Crippen LogP) is 0.526. The molecular weight excluding hydrogens is 202 g/mol. The third-order valence-corrected chi connectivity index (χ3v) is 3.14. The highest BCUT2D eigenvalue weighted by Crippen LogP contribution is 2.09.